The Kier molecular flexibility index (Phi) is 4.21. The van der Waals surface area contributed by atoms with E-state index in [1.807, 2.05) is 12.1 Å². The summed E-state index contributed by atoms with van der Waals surface area (Å²) in [7, 11) is 0. The molecule has 118 valence electrons. The molecule has 0 saturated carbocycles. The van der Waals surface area contributed by atoms with E-state index in [0.29, 0.717) is 0 Å². The van der Waals surface area contributed by atoms with Crippen molar-refractivity contribution in [3.8, 4) is 11.5 Å². The Labute approximate surface area is 138 Å². The second-order valence-electron chi connectivity index (χ2n) is 4.84. The molecule has 23 heavy (non-hydrogen) atoms. The molecule has 0 aliphatic heterocycles. The summed E-state index contributed by atoms with van der Waals surface area (Å²) in [6.45, 7) is 0. The molecule has 2 aromatic heterocycles. The molecule has 3 nitrogen and oxygen atoms in total. The molecule has 0 atom stereocenters. The molecule has 0 bridgehead atoms. The van der Waals surface area contributed by atoms with Crippen LogP contribution in [0.5, 0.6) is 0 Å². The Hall–Kier alpha value is -2.15. The van der Waals surface area contributed by atoms with Crippen LogP contribution in [-0.4, -0.2) is 9.97 Å². The molecule has 0 N–H and O–H groups in total. The number of hydrogen-bond donors (Lipinski definition) is 0. The van der Waals surface area contributed by atoms with Crippen molar-refractivity contribution in [2.45, 2.75) is 12.6 Å². The van der Waals surface area contributed by atoms with E-state index in [9.17, 15) is 13.2 Å². The number of hydrogen-bond acceptors (Lipinski definition) is 3. The maximum atomic E-state index is 13.1. The Bertz CT molecular complexity index is 816. The lowest BCUT2D eigenvalue weighted by Gasteiger charge is -2.10. The predicted molar refractivity (Wildman–Crippen MR) is 81.7 cm³/mol. The monoisotopic (exact) mass is 382 g/mol. The van der Waals surface area contributed by atoms with Crippen molar-refractivity contribution in [1.29, 1.82) is 0 Å². The van der Waals surface area contributed by atoms with E-state index in [-0.39, 0.29) is 23.7 Å². The molecule has 0 aliphatic carbocycles. The fourth-order valence-electron chi connectivity index (χ4n) is 2.10. The van der Waals surface area contributed by atoms with Gasteiger partial charge in [-0.05, 0) is 35.9 Å². The maximum Gasteiger partial charge on any atom is 0.433 e. The summed E-state index contributed by atoms with van der Waals surface area (Å²) in [5.41, 5.74) is -0.0599. The van der Waals surface area contributed by atoms with Gasteiger partial charge in [0.05, 0.1) is 6.26 Å². The number of alkyl halides is 3. The van der Waals surface area contributed by atoms with Crippen LogP contribution in [0.25, 0.3) is 11.5 Å². The third-order valence-corrected chi connectivity index (χ3v) is 3.58. The quantitative estimate of drug-likeness (QED) is 0.631. The van der Waals surface area contributed by atoms with Crippen molar-refractivity contribution in [3.63, 3.8) is 0 Å². The Morgan fingerprint density at radius 2 is 1.87 bits per heavy atom. The highest BCUT2D eigenvalue weighted by molar-refractivity contribution is 9.10. The van der Waals surface area contributed by atoms with Gasteiger partial charge in [-0.2, -0.15) is 13.2 Å². The smallest absolute Gasteiger partial charge is 0.433 e. The topological polar surface area (TPSA) is 38.9 Å². The Balaban J connectivity index is 2.03. The van der Waals surface area contributed by atoms with Gasteiger partial charge in [0.15, 0.2) is 5.76 Å². The van der Waals surface area contributed by atoms with Crippen LogP contribution in [-0.2, 0) is 12.6 Å². The van der Waals surface area contributed by atoms with Crippen molar-refractivity contribution in [1.82, 2.24) is 9.97 Å². The molecule has 0 amide bonds. The summed E-state index contributed by atoms with van der Waals surface area (Å²) in [6, 6.07) is 11.3. The van der Waals surface area contributed by atoms with Gasteiger partial charge < -0.3 is 4.42 Å². The first-order chi connectivity index (χ1) is 10.9. The first-order valence-corrected chi connectivity index (χ1v) is 7.44. The van der Waals surface area contributed by atoms with E-state index in [0.717, 1.165) is 16.1 Å². The Morgan fingerprint density at radius 1 is 1.04 bits per heavy atom. The van der Waals surface area contributed by atoms with Gasteiger partial charge in [0, 0.05) is 10.9 Å². The Morgan fingerprint density at radius 3 is 2.52 bits per heavy atom. The zero-order valence-corrected chi connectivity index (χ0v) is 13.2. The molecule has 0 aliphatic rings. The van der Waals surface area contributed by atoms with Gasteiger partial charge in [-0.1, -0.05) is 28.1 Å². The predicted octanol–water partition coefficient (Wildman–Crippen LogP) is 5.11. The molecule has 0 saturated heterocycles. The molecule has 3 rings (SSSR count). The van der Waals surface area contributed by atoms with Gasteiger partial charge >= 0.3 is 6.18 Å². The molecule has 0 fully saturated rings. The SMILES string of the molecule is FC(F)(F)c1cc(-c2ccco2)nc(Cc2cccc(Br)c2)n1. The highest BCUT2D eigenvalue weighted by atomic mass is 79.9. The van der Waals surface area contributed by atoms with Crippen molar-refractivity contribution in [2.75, 3.05) is 0 Å². The van der Waals surface area contributed by atoms with E-state index < -0.39 is 11.9 Å². The average molecular weight is 383 g/mol. The number of halogens is 4. The number of nitrogens with zero attached hydrogens (tertiary/aromatic N) is 2. The van der Waals surface area contributed by atoms with E-state index >= 15 is 0 Å². The number of rotatable bonds is 3. The average Bonchev–Trinajstić information content (AvgIpc) is 3.00. The van der Waals surface area contributed by atoms with Crippen LogP contribution in [0.4, 0.5) is 13.2 Å². The second kappa shape index (κ2) is 6.16. The van der Waals surface area contributed by atoms with Crippen LogP contribution >= 0.6 is 15.9 Å². The van der Waals surface area contributed by atoms with E-state index in [1.54, 1.807) is 24.3 Å². The summed E-state index contributed by atoms with van der Waals surface area (Å²) in [5, 5.41) is 0. The lowest BCUT2D eigenvalue weighted by molar-refractivity contribution is -0.141. The van der Waals surface area contributed by atoms with Gasteiger partial charge in [-0.15, -0.1) is 0 Å². The fraction of sp³-hybridized carbons (Fsp3) is 0.125. The first kappa shape index (κ1) is 15.7. The summed E-state index contributed by atoms with van der Waals surface area (Å²) in [4.78, 5) is 7.84. The van der Waals surface area contributed by atoms with Crippen LogP contribution in [0.2, 0.25) is 0 Å². The maximum absolute atomic E-state index is 13.1. The summed E-state index contributed by atoms with van der Waals surface area (Å²) in [5.74, 6) is 0.359. The second-order valence-corrected chi connectivity index (χ2v) is 5.75. The van der Waals surface area contributed by atoms with Crippen molar-refractivity contribution in [2.24, 2.45) is 0 Å². The van der Waals surface area contributed by atoms with Crippen LogP contribution in [0.15, 0.2) is 57.6 Å². The molecule has 3 aromatic rings. The lowest BCUT2D eigenvalue weighted by atomic mass is 10.1. The highest BCUT2D eigenvalue weighted by Gasteiger charge is 2.34. The number of aromatic nitrogens is 2. The summed E-state index contributed by atoms with van der Waals surface area (Å²) < 4.78 is 45.2. The largest absolute Gasteiger partial charge is 0.463 e. The van der Waals surface area contributed by atoms with Crippen molar-refractivity contribution >= 4 is 15.9 Å². The van der Waals surface area contributed by atoms with Gasteiger partial charge in [0.1, 0.15) is 17.2 Å². The minimum Gasteiger partial charge on any atom is -0.463 e. The fourth-order valence-corrected chi connectivity index (χ4v) is 2.55. The summed E-state index contributed by atoms with van der Waals surface area (Å²) in [6.07, 6.45) is -2.97. The third-order valence-electron chi connectivity index (χ3n) is 3.09. The molecule has 7 heteroatoms. The van der Waals surface area contributed by atoms with Gasteiger partial charge in [0.2, 0.25) is 0 Å². The molecule has 0 spiro atoms. The summed E-state index contributed by atoms with van der Waals surface area (Å²) >= 11 is 3.33. The number of benzene rings is 1. The molecule has 2 heterocycles. The first-order valence-electron chi connectivity index (χ1n) is 6.65. The van der Waals surface area contributed by atoms with Gasteiger partial charge in [-0.25, -0.2) is 9.97 Å². The van der Waals surface area contributed by atoms with Crippen LogP contribution < -0.4 is 0 Å². The van der Waals surface area contributed by atoms with Crippen LogP contribution in [0.1, 0.15) is 17.1 Å². The van der Waals surface area contributed by atoms with Crippen LogP contribution in [0.3, 0.4) is 0 Å². The van der Waals surface area contributed by atoms with E-state index in [1.165, 1.54) is 6.26 Å². The van der Waals surface area contributed by atoms with Gasteiger partial charge in [0.25, 0.3) is 0 Å². The molecular weight excluding hydrogens is 373 g/mol. The normalized spacial score (nSPS) is 11.7. The standard InChI is InChI=1S/C16H10BrF3N2O/c17-11-4-1-3-10(7-11)8-15-21-12(13-5-2-6-23-13)9-14(22-15)16(18,19)20/h1-7,9H,8H2. The minimum absolute atomic E-state index is 0.0873. The number of furan rings is 1. The molecular formula is C16H10BrF3N2O. The molecule has 1 aromatic carbocycles. The molecule has 0 radical (unpaired) electrons. The minimum atomic E-state index is -4.55. The lowest BCUT2D eigenvalue weighted by Crippen LogP contribution is -2.12. The van der Waals surface area contributed by atoms with Crippen molar-refractivity contribution < 1.29 is 17.6 Å². The van der Waals surface area contributed by atoms with Gasteiger partial charge in [-0.3, -0.25) is 0 Å². The zero-order chi connectivity index (χ0) is 16.4. The van der Waals surface area contributed by atoms with Crippen molar-refractivity contribution in [3.05, 3.63) is 70.3 Å². The van der Waals surface area contributed by atoms with E-state index in [4.69, 9.17) is 4.42 Å². The van der Waals surface area contributed by atoms with E-state index in [2.05, 4.69) is 25.9 Å². The highest BCUT2D eigenvalue weighted by Crippen LogP contribution is 2.30. The van der Waals surface area contributed by atoms with Crippen LogP contribution in [0, 0.1) is 0 Å². The third kappa shape index (κ3) is 3.79. The zero-order valence-electron chi connectivity index (χ0n) is 11.6. The molecule has 0 unspecified atom stereocenters.